The van der Waals surface area contributed by atoms with E-state index in [0.717, 1.165) is 11.4 Å². The van der Waals surface area contributed by atoms with Crippen molar-refractivity contribution in [1.82, 2.24) is 9.78 Å². The van der Waals surface area contributed by atoms with E-state index >= 15 is 0 Å². The lowest BCUT2D eigenvalue weighted by Crippen LogP contribution is -2.22. The zero-order valence-corrected chi connectivity index (χ0v) is 9.84. The first-order valence-electron chi connectivity index (χ1n) is 5.34. The molecule has 0 aliphatic carbocycles. The van der Waals surface area contributed by atoms with Crippen LogP contribution in [0.25, 0.3) is 5.69 Å². The molecule has 16 heavy (non-hydrogen) atoms. The Hall–Kier alpha value is -1.77. The molecule has 0 aliphatic rings. The maximum absolute atomic E-state index is 5.74. The highest BCUT2D eigenvalue weighted by atomic mass is 16.5. The molecule has 0 fully saturated rings. The predicted octanol–water partition coefficient (Wildman–Crippen LogP) is 3.05. The summed E-state index contributed by atoms with van der Waals surface area (Å²) in [5, 5.41) is 4.17. The summed E-state index contributed by atoms with van der Waals surface area (Å²) in [6.07, 6.45) is 3.68. The van der Waals surface area contributed by atoms with Crippen LogP contribution in [0.2, 0.25) is 0 Å². The van der Waals surface area contributed by atoms with Gasteiger partial charge in [0.05, 0.1) is 5.69 Å². The molecule has 84 valence electrons. The number of benzene rings is 1. The van der Waals surface area contributed by atoms with Crippen LogP contribution < -0.4 is 4.74 Å². The summed E-state index contributed by atoms with van der Waals surface area (Å²) in [5.74, 6) is 0.878. The van der Waals surface area contributed by atoms with Gasteiger partial charge in [-0.05, 0) is 51.1 Å². The van der Waals surface area contributed by atoms with Gasteiger partial charge in [0.1, 0.15) is 11.4 Å². The lowest BCUT2D eigenvalue weighted by Gasteiger charge is -2.21. The van der Waals surface area contributed by atoms with E-state index < -0.39 is 0 Å². The first-order chi connectivity index (χ1) is 7.54. The highest BCUT2D eigenvalue weighted by Crippen LogP contribution is 2.19. The molecular weight excluding hydrogens is 200 g/mol. The Labute approximate surface area is 95.7 Å². The summed E-state index contributed by atoms with van der Waals surface area (Å²) in [7, 11) is 0. The van der Waals surface area contributed by atoms with Crippen LogP contribution in [0.4, 0.5) is 0 Å². The molecule has 0 saturated carbocycles. The van der Waals surface area contributed by atoms with Gasteiger partial charge in [0.2, 0.25) is 0 Å². The van der Waals surface area contributed by atoms with Crippen LogP contribution in [0.3, 0.4) is 0 Å². The van der Waals surface area contributed by atoms with Crippen molar-refractivity contribution in [2.75, 3.05) is 0 Å². The molecule has 0 saturated heterocycles. The zero-order valence-electron chi connectivity index (χ0n) is 9.84. The molecule has 0 spiro atoms. The van der Waals surface area contributed by atoms with Gasteiger partial charge in [0.15, 0.2) is 0 Å². The topological polar surface area (TPSA) is 27.1 Å². The van der Waals surface area contributed by atoms with E-state index in [2.05, 4.69) is 5.10 Å². The molecule has 1 aromatic heterocycles. The van der Waals surface area contributed by atoms with Crippen LogP contribution in [-0.4, -0.2) is 15.4 Å². The SMILES string of the molecule is CC(C)(C)Oc1ccc(-n2cccn2)cc1. The Morgan fingerprint density at radius 1 is 1.12 bits per heavy atom. The van der Waals surface area contributed by atoms with Crippen molar-refractivity contribution in [2.24, 2.45) is 0 Å². The average Bonchev–Trinajstić information content (AvgIpc) is 2.69. The van der Waals surface area contributed by atoms with E-state index in [1.165, 1.54) is 0 Å². The Morgan fingerprint density at radius 2 is 1.81 bits per heavy atom. The van der Waals surface area contributed by atoms with Gasteiger partial charge in [-0.15, -0.1) is 0 Å². The van der Waals surface area contributed by atoms with Gasteiger partial charge in [0, 0.05) is 12.4 Å². The summed E-state index contributed by atoms with van der Waals surface area (Å²) in [6, 6.07) is 9.81. The molecule has 0 unspecified atom stereocenters. The van der Waals surface area contributed by atoms with E-state index in [9.17, 15) is 0 Å². The van der Waals surface area contributed by atoms with E-state index in [1.807, 2.05) is 62.0 Å². The maximum Gasteiger partial charge on any atom is 0.120 e. The van der Waals surface area contributed by atoms with Gasteiger partial charge in [0.25, 0.3) is 0 Å². The minimum absolute atomic E-state index is 0.160. The second-order valence-electron chi connectivity index (χ2n) is 4.66. The fourth-order valence-electron chi connectivity index (χ4n) is 1.44. The first kappa shape index (κ1) is 10.7. The van der Waals surface area contributed by atoms with Crippen LogP contribution in [0.5, 0.6) is 5.75 Å². The molecule has 0 N–H and O–H groups in total. The van der Waals surface area contributed by atoms with Crippen molar-refractivity contribution in [3.8, 4) is 11.4 Å². The van der Waals surface area contributed by atoms with Gasteiger partial charge < -0.3 is 4.74 Å². The summed E-state index contributed by atoms with van der Waals surface area (Å²) in [5.41, 5.74) is 0.874. The molecule has 0 bridgehead atoms. The van der Waals surface area contributed by atoms with E-state index in [-0.39, 0.29) is 5.60 Å². The third kappa shape index (κ3) is 2.63. The van der Waals surface area contributed by atoms with Gasteiger partial charge >= 0.3 is 0 Å². The van der Waals surface area contributed by atoms with Crippen LogP contribution >= 0.6 is 0 Å². The molecule has 1 heterocycles. The van der Waals surface area contributed by atoms with E-state index in [4.69, 9.17) is 4.74 Å². The van der Waals surface area contributed by atoms with Gasteiger partial charge in [-0.2, -0.15) is 5.10 Å². The maximum atomic E-state index is 5.74. The minimum Gasteiger partial charge on any atom is -0.488 e. The van der Waals surface area contributed by atoms with Gasteiger partial charge in [-0.3, -0.25) is 0 Å². The second-order valence-corrected chi connectivity index (χ2v) is 4.66. The number of rotatable bonds is 2. The van der Waals surface area contributed by atoms with Gasteiger partial charge in [-0.1, -0.05) is 0 Å². The van der Waals surface area contributed by atoms with Crippen molar-refractivity contribution in [2.45, 2.75) is 26.4 Å². The smallest absolute Gasteiger partial charge is 0.120 e. The number of hydrogen-bond donors (Lipinski definition) is 0. The second kappa shape index (κ2) is 4.00. The summed E-state index contributed by atoms with van der Waals surface area (Å²) in [4.78, 5) is 0. The zero-order chi connectivity index (χ0) is 11.6. The van der Waals surface area contributed by atoms with Crippen molar-refractivity contribution in [3.63, 3.8) is 0 Å². The van der Waals surface area contributed by atoms with Crippen molar-refractivity contribution < 1.29 is 4.74 Å². The molecule has 3 nitrogen and oxygen atoms in total. The standard InChI is InChI=1S/C13H16N2O/c1-13(2,3)16-12-7-5-11(6-8-12)15-10-4-9-14-15/h4-10H,1-3H3. The molecule has 0 atom stereocenters. The molecule has 0 amide bonds. The third-order valence-electron chi connectivity index (χ3n) is 2.03. The fourth-order valence-corrected chi connectivity index (χ4v) is 1.44. The molecule has 0 radical (unpaired) electrons. The van der Waals surface area contributed by atoms with Crippen LogP contribution in [-0.2, 0) is 0 Å². The van der Waals surface area contributed by atoms with Crippen molar-refractivity contribution in [1.29, 1.82) is 0 Å². The Bertz CT molecular complexity index is 438. The summed E-state index contributed by atoms with van der Waals surface area (Å²) in [6.45, 7) is 6.11. The average molecular weight is 216 g/mol. The van der Waals surface area contributed by atoms with Crippen LogP contribution in [0.1, 0.15) is 20.8 Å². The first-order valence-corrected chi connectivity index (χ1v) is 5.34. The Balaban J connectivity index is 2.17. The summed E-state index contributed by atoms with van der Waals surface area (Å²) >= 11 is 0. The molecule has 1 aromatic carbocycles. The van der Waals surface area contributed by atoms with E-state index in [0.29, 0.717) is 0 Å². The molecule has 3 heteroatoms. The summed E-state index contributed by atoms with van der Waals surface area (Å²) < 4.78 is 7.56. The normalized spacial score (nSPS) is 11.4. The van der Waals surface area contributed by atoms with Crippen molar-refractivity contribution >= 4 is 0 Å². The van der Waals surface area contributed by atoms with E-state index in [1.54, 1.807) is 6.20 Å². The van der Waals surface area contributed by atoms with Crippen LogP contribution in [0.15, 0.2) is 42.7 Å². The molecule has 2 aromatic rings. The molecular formula is C13H16N2O. The fraction of sp³-hybridized carbons (Fsp3) is 0.308. The Kier molecular flexibility index (Phi) is 2.69. The minimum atomic E-state index is -0.160. The van der Waals surface area contributed by atoms with Crippen LogP contribution in [0, 0.1) is 0 Å². The monoisotopic (exact) mass is 216 g/mol. The Morgan fingerprint density at radius 3 is 2.31 bits per heavy atom. The largest absolute Gasteiger partial charge is 0.488 e. The lowest BCUT2D eigenvalue weighted by atomic mass is 10.2. The number of hydrogen-bond acceptors (Lipinski definition) is 2. The highest BCUT2D eigenvalue weighted by Gasteiger charge is 2.11. The molecule has 2 rings (SSSR count). The highest BCUT2D eigenvalue weighted by molar-refractivity contribution is 5.36. The molecule has 0 aliphatic heterocycles. The quantitative estimate of drug-likeness (QED) is 0.771. The number of aromatic nitrogens is 2. The predicted molar refractivity (Wildman–Crippen MR) is 63.9 cm³/mol. The number of ether oxygens (including phenoxy) is 1. The van der Waals surface area contributed by atoms with Gasteiger partial charge in [-0.25, -0.2) is 4.68 Å². The van der Waals surface area contributed by atoms with Crippen molar-refractivity contribution in [3.05, 3.63) is 42.7 Å². The number of nitrogens with zero attached hydrogens (tertiary/aromatic N) is 2. The third-order valence-corrected chi connectivity index (χ3v) is 2.03. The lowest BCUT2D eigenvalue weighted by molar-refractivity contribution is 0.131.